The quantitative estimate of drug-likeness (QED) is 0.871. The van der Waals surface area contributed by atoms with Crippen LogP contribution in [0.3, 0.4) is 0 Å². The van der Waals surface area contributed by atoms with Crippen LogP contribution < -0.4 is 0 Å². The van der Waals surface area contributed by atoms with E-state index >= 15 is 0 Å². The number of rotatable bonds is 3. The average molecular weight is 307 g/mol. The Morgan fingerprint density at radius 2 is 1.43 bits per heavy atom. The first-order valence-electron chi connectivity index (χ1n) is 7.96. The van der Waals surface area contributed by atoms with Crippen LogP contribution in [0.4, 0.5) is 0 Å². The summed E-state index contributed by atoms with van der Waals surface area (Å²) in [5, 5.41) is 0. The summed E-state index contributed by atoms with van der Waals surface area (Å²) < 4.78 is 0. The van der Waals surface area contributed by atoms with Gasteiger partial charge in [0.1, 0.15) is 0 Å². The van der Waals surface area contributed by atoms with Crippen LogP contribution in [-0.4, -0.2) is 28.7 Å². The van der Waals surface area contributed by atoms with Crippen molar-refractivity contribution >= 4 is 11.7 Å². The van der Waals surface area contributed by atoms with Gasteiger partial charge in [-0.2, -0.15) is 0 Å². The van der Waals surface area contributed by atoms with Crippen molar-refractivity contribution in [3.63, 3.8) is 0 Å². The third kappa shape index (κ3) is 2.79. The van der Waals surface area contributed by atoms with Crippen molar-refractivity contribution in [1.82, 2.24) is 4.90 Å². The number of benzene rings is 2. The maximum atomic E-state index is 13.3. The van der Waals surface area contributed by atoms with Crippen LogP contribution in [0.15, 0.2) is 60.7 Å². The first-order valence-corrected chi connectivity index (χ1v) is 7.96. The summed E-state index contributed by atoms with van der Waals surface area (Å²) in [6, 6.07) is 19.6. The molecule has 0 radical (unpaired) electrons. The number of ketones is 1. The van der Waals surface area contributed by atoms with Crippen molar-refractivity contribution in [2.45, 2.75) is 31.7 Å². The summed E-state index contributed by atoms with van der Waals surface area (Å²) in [6.07, 6.45) is 0.440. The maximum absolute atomic E-state index is 13.3. The Bertz CT molecular complexity index is 667. The Balaban J connectivity index is 2.03. The fourth-order valence-corrected chi connectivity index (χ4v) is 3.26. The second kappa shape index (κ2) is 5.99. The number of carbonyl (C=O) groups excluding carboxylic acids is 2. The largest absolute Gasteiger partial charge is 0.329 e. The molecule has 0 atom stereocenters. The summed E-state index contributed by atoms with van der Waals surface area (Å²) in [7, 11) is 0. The Hall–Kier alpha value is -2.42. The van der Waals surface area contributed by atoms with E-state index in [0.29, 0.717) is 13.0 Å². The van der Waals surface area contributed by atoms with E-state index in [-0.39, 0.29) is 17.6 Å². The van der Waals surface area contributed by atoms with Gasteiger partial charge >= 0.3 is 0 Å². The molecule has 0 aliphatic carbocycles. The lowest BCUT2D eigenvalue weighted by Gasteiger charge is -2.33. The van der Waals surface area contributed by atoms with Crippen LogP contribution in [0.5, 0.6) is 0 Å². The van der Waals surface area contributed by atoms with E-state index in [0.717, 1.165) is 11.1 Å². The first kappa shape index (κ1) is 15.5. The maximum Gasteiger partial charge on any atom is 0.235 e. The summed E-state index contributed by atoms with van der Waals surface area (Å²) >= 11 is 0. The van der Waals surface area contributed by atoms with Crippen molar-refractivity contribution in [2.75, 3.05) is 6.54 Å². The fraction of sp³-hybridized carbons (Fsp3) is 0.300. The Morgan fingerprint density at radius 1 is 0.957 bits per heavy atom. The molecule has 1 aliphatic rings. The number of hydrogen-bond acceptors (Lipinski definition) is 2. The van der Waals surface area contributed by atoms with Crippen LogP contribution >= 0.6 is 0 Å². The second-order valence-electron chi connectivity index (χ2n) is 6.48. The van der Waals surface area contributed by atoms with E-state index in [1.807, 2.05) is 74.5 Å². The molecule has 3 rings (SSSR count). The monoisotopic (exact) mass is 307 g/mol. The molecular weight excluding hydrogens is 286 g/mol. The third-order valence-electron chi connectivity index (χ3n) is 4.70. The van der Waals surface area contributed by atoms with Crippen LogP contribution in [0, 0.1) is 0 Å². The highest BCUT2D eigenvalue weighted by molar-refractivity contribution is 5.98. The highest BCUT2D eigenvalue weighted by atomic mass is 16.2. The van der Waals surface area contributed by atoms with E-state index in [9.17, 15) is 9.59 Å². The Kier molecular flexibility index (Phi) is 4.03. The molecule has 0 aromatic heterocycles. The molecule has 118 valence electrons. The smallest absolute Gasteiger partial charge is 0.235 e. The number of hydrogen-bond donors (Lipinski definition) is 0. The van der Waals surface area contributed by atoms with Crippen LogP contribution in [0.1, 0.15) is 37.3 Å². The molecule has 23 heavy (non-hydrogen) atoms. The first-order chi connectivity index (χ1) is 11.0. The molecule has 2 aromatic carbocycles. The molecule has 1 fully saturated rings. The molecule has 2 aromatic rings. The zero-order valence-corrected chi connectivity index (χ0v) is 13.5. The molecule has 3 nitrogen and oxygen atoms in total. The van der Waals surface area contributed by atoms with Crippen molar-refractivity contribution in [3.05, 3.63) is 71.8 Å². The Morgan fingerprint density at radius 3 is 1.83 bits per heavy atom. The van der Waals surface area contributed by atoms with Crippen molar-refractivity contribution < 1.29 is 9.59 Å². The van der Waals surface area contributed by atoms with Gasteiger partial charge in [-0.15, -0.1) is 0 Å². The van der Waals surface area contributed by atoms with Gasteiger partial charge in [-0.3, -0.25) is 9.59 Å². The minimum Gasteiger partial charge on any atom is -0.329 e. The Labute approximate surface area is 136 Å². The fourth-order valence-electron chi connectivity index (χ4n) is 3.26. The van der Waals surface area contributed by atoms with Gasteiger partial charge in [0.15, 0.2) is 5.78 Å². The van der Waals surface area contributed by atoms with E-state index in [4.69, 9.17) is 0 Å². The van der Waals surface area contributed by atoms with Gasteiger partial charge in [0, 0.05) is 13.0 Å². The van der Waals surface area contributed by atoms with E-state index in [1.165, 1.54) is 0 Å². The lowest BCUT2D eigenvalue weighted by molar-refractivity contribution is -0.139. The van der Waals surface area contributed by atoms with Gasteiger partial charge in [0.05, 0.1) is 11.5 Å². The van der Waals surface area contributed by atoms with Crippen LogP contribution in [0.25, 0.3) is 0 Å². The van der Waals surface area contributed by atoms with Crippen molar-refractivity contribution in [2.24, 2.45) is 0 Å². The molecular formula is C20H21NO2. The minimum atomic E-state index is -0.723. The molecule has 0 bridgehead atoms. The molecule has 1 heterocycles. The van der Waals surface area contributed by atoms with Gasteiger partial charge in [0.25, 0.3) is 0 Å². The van der Waals surface area contributed by atoms with Crippen molar-refractivity contribution in [1.29, 1.82) is 0 Å². The van der Waals surface area contributed by atoms with Crippen molar-refractivity contribution in [3.8, 4) is 0 Å². The van der Waals surface area contributed by atoms with E-state index in [1.54, 1.807) is 4.90 Å². The molecule has 1 saturated heterocycles. The van der Waals surface area contributed by atoms with Gasteiger partial charge in [-0.05, 0) is 25.0 Å². The predicted molar refractivity (Wildman–Crippen MR) is 90.1 cm³/mol. The normalized spacial score (nSPS) is 16.8. The molecule has 1 aliphatic heterocycles. The molecule has 0 unspecified atom stereocenters. The highest BCUT2D eigenvalue weighted by Gasteiger charge is 2.44. The zero-order chi connectivity index (χ0) is 16.4. The van der Waals surface area contributed by atoms with Gasteiger partial charge in [0.2, 0.25) is 5.91 Å². The number of amides is 1. The highest BCUT2D eigenvalue weighted by Crippen LogP contribution is 2.33. The number of Topliss-reactive ketones (excluding diaryl/α,β-unsaturated/α-hetero) is 1. The summed E-state index contributed by atoms with van der Waals surface area (Å²) in [4.78, 5) is 27.1. The minimum absolute atomic E-state index is 0.00162. The molecule has 0 spiro atoms. The lowest BCUT2D eigenvalue weighted by Crippen LogP contribution is -2.48. The number of carbonyl (C=O) groups is 2. The molecule has 0 saturated carbocycles. The van der Waals surface area contributed by atoms with E-state index < -0.39 is 5.54 Å². The molecule has 3 heteroatoms. The average Bonchev–Trinajstić information content (AvgIpc) is 2.83. The van der Waals surface area contributed by atoms with Crippen LogP contribution in [-0.2, 0) is 9.59 Å². The SMILES string of the molecule is CC1(C)C(=O)CCN1C(=O)C(c1ccccc1)c1ccccc1. The zero-order valence-electron chi connectivity index (χ0n) is 13.5. The second-order valence-corrected chi connectivity index (χ2v) is 6.48. The van der Waals surface area contributed by atoms with Gasteiger partial charge in [-0.25, -0.2) is 0 Å². The molecule has 1 amide bonds. The van der Waals surface area contributed by atoms with Crippen LogP contribution in [0.2, 0.25) is 0 Å². The summed E-state index contributed by atoms with van der Waals surface area (Å²) in [6.45, 7) is 4.18. The van der Waals surface area contributed by atoms with E-state index in [2.05, 4.69) is 0 Å². The topological polar surface area (TPSA) is 37.4 Å². The summed E-state index contributed by atoms with van der Waals surface area (Å²) in [5.41, 5.74) is 1.19. The summed E-state index contributed by atoms with van der Waals surface area (Å²) in [5.74, 6) is -0.244. The standard InChI is InChI=1S/C20H21NO2/c1-20(2)17(22)13-14-21(20)19(23)18(15-9-5-3-6-10-15)16-11-7-4-8-12-16/h3-12,18H,13-14H2,1-2H3. The number of nitrogens with zero attached hydrogens (tertiary/aromatic N) is 1. The third-order valence-corrected chi connectivity index (χ3v) is 4.70. The van der Waals surface area contributed by atoms with Gasteiger partial charge in [-0.1, -0.05) is 60.7 Å². The lowest BCUT2D eigenvalue weighted by atomic mass is 9.88. The van der Waals surface area contributed by atoms with Gasteiger partial charge < -0.3 is 4.90 Å². The predicted octanol–water partition coefficient (Wildman–Crippen LogP) is 3.40. The number of likely N-dealkylation sites (tertiary alicyclic amines) is 1. The molecule has 0 N–H and O–H groups in total.